The Kier molecular flexibility index (Phi) is 3.39. The van der Waals surface area contributed by atoms with E-state index < -0.39 is 0 Å². The van der Waals surface area contributed by atoms with E-state index in [0.29, 0.717) is 17.5 Å². The van der Waals surface area contributed by atoms with Gasteiger partial charge < -0.3 is 10.0 Å². The molecule has 1 aliphatic heterocycles. The molecule has 1 saturated heterocycles. The molecule has 4 heteroatoms. The lowest BCUT2D eigenvalue weighted by Crippen LogP contribution is -2.39. The zero-order chi connectivity index (χ0) is 11.5. The van der Waals surface area contributed by atoms with Gasteiger partial charge in [0.1, 0.15) is 0 Å². The van der Waals surface area contributed by atoms with Crippen LogP contribution in [0.1, 0.15) is 26.0 Å². The third kappa shape index (κ3) is 2.50. The van der Waals surface area contributed by atoms with Crippen molar-refractivity contribution in [2.75, 3.05) is 18.0 Å². The first-order chi connectivity index (χ1) is 7.69. The third-order valence-electron chi connectivity index (χ3n) is 3.01. The summed E-state index contributed by atoms with van der Waals surface area (Å²) in [5, 5.41) is 9.06. The van der Waals surface area contributed by atoms with Crippen molar-refractivity contribution in [3.63, 3.8) is 0 Å². The van der Waals surface area contributed by atoms with Crippen molar-refractivity contribution < 1.29 is 5.11 Å². The molecule has 0 aliphatic carbocycles. The van der Waals surface area contributed by atoms with Gasteiger partial charge >= 0.3 is 0 Å². The number of hydrogen-bond acceptors (Lipinski definition) is 4. The number of anilines is 1. The van der Waals surface area contributed by atoms with Crippen LogP contribution >= 0.6 is 0 Å². The Balaban J connectivity index is 2.16. The first-order valence-electron chi connectivity index (χ1n) is 5.86. The minimum Gasteiger partial charge on any atom is -0.390 e. The van der Waals surface area contributed by atoms with E-state index >= 15 is 0 Å². The molecule has 1 fully saturated rings. The number of aliphatic hydroxyl groups is 1. The van der Waals surface area contributed by atoms with E-state index in [9.17, 15) is 0 Å². The monoisotopic (exact) mass is 221 g/mol. The standard InChI is InChI=1S/C12H19N3O/c1-9-5-10(2)7-15(6-9)12-13-4-3-11(8-16)14-12/h3-4,9-10,16H,5-8H2,1-2H3. The van der Waals surface area contributed by atoms with E-state index in [0.717, 1.165) is 19.0 Å². The molecule has 0 bridgehead atoms. The van der Waals surface area contributed by atoms with E-state index in [1.165, 1.54) is 6.42 Å². The Morgan fingerprint density at radius 3 is 2.69 bits per heavy atom. The van der Waals surface area contributed by atoms with Gasteiger partial charge in [-0.15, -0.1) is 0 Å². The SMILES string of the molecule is CC1CC(C)CN(c2nccc(CO)n2)C1. The number of nitrogens with zero attached hydrogens (tertiary/aromatic N) is 3. The van der Waals surface area contributed by atoms with E-state index in [2.05, 4.69) is 28.7 Å². The number of piperidine rings is 1. The molecule has 1 N–H and O–H groups in total. The summed E-state index contributed by atoms with van der Waals surface area (Å²) in [5.41, 5.74) is 0.691. The Morgan fingerprint density at radius 1 is 1.38 bits per heavy atom. The highest BCUT2D eigenvalue weighted by Gasteiger charge is 2.23. The van der Waals surface area contributed by atoms with Gasteiger partial charge in [-0.25, -0.2) is 9.97 Å². The van der Waals surface area contributed by atoms with E-state index in [1.807, 2.05) is 0 Å². The molecular formula is C12H19N3O. The molecule has 4 nitrogen and oxygen atoms in total. The van der Waals surface area contributed by atoms with Crippen LogP contribution in [-0.2, 0) is 6.61 Å². The van der Waals surface area contributed by atoms with Gasteiger partial charge in [-0.2, -0.15) is 0 Å². The van der Waals surface area contributed by atoms with Gasteiger partial charge in [0.05, 0.1) is 12.3 Å². The van der Waals surface area contributed by atoms with Gasteiger partial charge in [0.15, 0.2) is 0 Å². The zero-order valence-electron chi connectivity index (χ0n) is 9.93. The van der Waals surface area contributed by atoms with E-state index in [1.54, 1.807) is 12.3 Å². The molecule has 2 unspecified atom stereocenters. The Hall–Kier alpha value is -1.16. The van der Waals surface area contributed by atoms with Crippen molar-refractivity contribution in [2.24, 2.45) is 11.8 Å². The molecule has 88 valence electrons. The summed E-state index contributed by atoms with van der Waals surface area (Å²) in [4.78, 5) is 10.9. The number of aliphatic hydroxyl groups excluding tert-OH is 1. The fourth-order valence-electron chi connectivity index (χ4n) is 2.45. The molecule has 0 amide bonds. The highest BCUT2D eigenvalue weighted by Crippen LogP contribution is 2.23. The smallest absolute Gasteiger partial charge is 0.225 e. The van der Waals surface area contributed by atoms with Gasteiger partial charge in [0, 0.05) is 19.3 Å². The summed E-state index contributed by atoms with van der Waals surface area (Å²) in [5.74, 6) is 2.13. The summed E-state index contributed by atoms with van der Waals surface area (Å²) in [7, 11) is 0. The highest BCUT2D eigenvalue weighted by molar-refractivity contribution is 5.31. The highest BCUT2D eigenvalue weighted by atomic mass is 16.3. The second-order valence-corrected chi connectivity index (χ2v) is 4.86. The first kappa shape index (κ1) is 11.3. The molecule has 2 heterocycles. The van der Waals surface area contributed by atoms with Crippen molar-refractivity contribution in [3.05, 3.63) is 18.0 Å². The van der Waals surface area contributed by atoms with Gasteiger partial charge in [-0.05, 0) is 24.3 Å². The topological polar surface area (TPSA) is 49.2 Å². The lowest BCUT2D eigenvalue weighted by molar-refractivity contribution is 0.276. The molecule has 1 aromatic heterocycles. The lowest BCUT2D eigenvalue weighted by Gasteiger charge is -2.35. The fraction of sp³-hybridized carbons (Fsp3) is 0.667. The van der Waals surface area contributed by atoms with Crippen LogP contribution in [0.4, 0.5) is 5.95 Å². The van der Waals surface area contributed by atoms with Gasteiger partial charge in [0.2, 0.25) is 5.95 Å². The molecule has 0 saturated carbocycles. The molecule has 2 atom stereocenters. The van der Waals surface area contributed by atoms with Crippen molar-refractivity contribution in [2.45, 2.75) is 26.9 Å². The summed E-state index contributed by atoms with van der Waals surface area (Å²) in [6, 6.07) is 1.75. The minimum atomic E-state index is -0.0194. The predicted octanol–water partition coefficient (Wildman–Crippen LogP) is 1.45. The number of rotatable bonds is 2. The molecule has 2 rings (SSSR count). The molecule has 0 radical (unpaired) electrons. The normalized spacial score (nSPS) is 25.8. The lowest BCUT2D eigenvalue weighted by atomic mass is 9.92. The Morgan fingerprint density at radius 2 is 2.06 bits per heavy atom. The van der Waals surface area contributed by atoms with Crippen molar-refractivity contribution in [1.82, 2.24) is 9.97 Å². The van der Waals surface area contributed by atoms with Crippen molar-refractivity contribution >= 4 is 5.95 Å². The van der Waals surface area contributed by atoms with Crippen LogP contribution in [0.2, 0.25) is 0 Å². The quantitative estimate of drug-likeness (QED) is 0.821. The number of hydrogen-bond donors (Lipinski definition) is 1. The van der Waals surface area contributed by atoms with Gasteiger partial charge in [-0.1, -0.05) is 13.8 Å². The maximum absolute atomic E-state index is 9.06. The second kappa shape index (κ2) is 4.78. The predicted molar refractivity (Wildman–Crippen MR) is 63.1 cm³/mol. The first-order valence-corrected chi connectivity index (χ1v) is 5.86. The molecule has 1 aromatic rings. The Bertz CT molecular complexity index is 346. The van der Waals surface area contributed by atoms with Gasteiger partial charge in [-0.3, -0.25) is 0 Å². The average molecular weight is 221 g/mol. The number of aromatic nitrogens is 2. The summed E-state index contributed by atoms with van der Waals surface area (Å²) < 4.78 is 0. The largest absolute Gasteiger partial charge is 0.390 e. The van der Waals surface area contributed by atoms with Crippen LogP contribution in [-0.4, -0.2) is 28.2 Å². The summed E-state index contributed by atoms with van der Waals surface area (Å²) in [6.45, 7) is 6.53. The van der Waals surface area contributed by atoms with Crippen LogP contribution < -0.4 is 4.90 Å². The molecule has 16 heavy (non-hydrogen) atoms. The fourth-order valence-corrected chi connectivity index (χ4v) is 2.45. The van der Waals surface area contributed by atoms with E-state index in [-0.39, 0.29) is 6.61 Å². The third-order valence-corrected chi connectivity index (χ3v) is 3.01. The molecule has 0 aromatic carbocycles. The maximum Gasteiger partial charge on any atom is 0.225 e. The van der Waals surface area contributed by atoms with Crippen LogP contribution in [0.25, 0.3) is 0 Å². The van der Waals surface area contributed by atoms with Crippen LogP contribution in [0.5, 0.6) is 0 Å². The van der Waals surface area contributed by atoms with Crippen molar-refractivity contribution in [3.8, 4) is 0 Å². The summed E-state index contributed by atoms with van der Waals surface area (Å²) >= 11 is 0. The second-order valence-electron chi connectivity index (χ2n) is 4.86. The zero-order valence-corrected chi connectivity index (χ0v) is 9.93. The summed E-state index contributed by atoms with van der Waals surface area (Å²) in [6.07, 6.45) is 2.99. The Labute approximate surface area is 96.3 Å². The molecular weight excluding hydrogens is 202 g/mol. The van der Waals surface area contributed by atoms with Crippen LogP contribution in [0, 0.1) is 11.8 Å². The van der Waals surface area contributed by atoms with Crippen molar-refractivity contribution in [1.29, 1.82) is 0 Å². The average Bonchev–Trinajstić information content (AvgIpc) is 2.28. The van der Waals surface area contributed by atoms with Crippen LogP contribution in [0.15, 0.2) is 12.3 Å². The van der Waals surface area contributed by atoms with E-state index in [4.69, 9.17) is 5.11 Å². The minimum absolute atomic E-state index is 0.0194. The maximum atomic E-state index is 9.06. The van der Waals surface area contributed by atoms with Crippen LogP contribution in [0.3, 0.4) is 0 Å². The molecule has 1 aliphatic rings. The van der Waals surface area contributed by atoms with Gasteiger partial charge in [0.25, 0.3) is 0 Å². The molecule has 0 spiro atoms.